The highest BCUT2D eigenvalue weighted by Gasteiger charge is 2.38. The average Bonchev–Trinajstić information content (AvgIpc) is 2.51. The van der Waals surface area contributed by atoms with Gasteiger partial charge in [0, 0.05) is 6.61 Å². The molecule has 1 amide bonds. The number of amides is 1. The first-order valence-electron chi connectivity index (χ1n) is 5.36. The molecular formula is C11H21NO3. The van der Waals surface area contributed by atoms with Crippen LogP contribution in [0.15, 0.2) is 0 Å². The van der Waals surface area contributed by atoms with Crippen molar-refractivity contribution in [3.05, 3.63) is 0 Å². The Morgan fingerprint density at radius 2 is 2.00 bits per heavy atom. The first-order chi connectivity index (χ1) is 6.74. The lowest BCUT2D eigenvalue weighted by Gasteiger charge is -2.38. The summed E-state index contributed by atoms with van der Waals surface area (Å²) in [5.74, 6) is -0.0914. The van der Waals surface area contributed by atoms with Crippen LogP contribution < -0.4 is 5.32 Å². The van der Waals surface area contributed by atoms with Gasteiger partial charge in [-0.2, -0.15) is 0 Å². The SMILES string of the molecule is CC(C)(O)C(C)(C)NC(=O)C1CCOC1. The Bertz CT molecular complexity index is 237. The van der Waals surface area contributed by atoms with Gasteiger partial charge in [0.15, 0.2) is 0 Å². The van der Waals surface area contributed by atoms with Crippen molar-refractivity contribution >= 4 is 5.91 Å². The van der Waals surface area contributed by atoms with Crippen molar-refractivity contribution < 1.29 is 14.6 Å². The van der Waals surface area contributed by atoms with Crippen LogP contribution in [0, 0.1) is 5.92 Å². The predicted molar refractivity (Wildman–Crippen MR) is 57.4 cm³/mol. The molecule has 0 aromatic rings. The summed E-state index contributed by atoms with van der Waals surface area (Å²) < 4.78 is 5.16. The van der Waals surface area contributed by atoms with Gasteiger partial charge in [0.1, 0.15) is 0 Å². The molecule has 1 unspecified atom stereocenters. The molecule has 1 atom stereocenters. The summed E-state index contributed by atoms with van der Waals surface area (Å²) in [6, 6.07) is 0. The minimum atomic E-state index is -0.942. The number of ether oxygens (including phenoxy) is 1. The summed E-state index contributed by atoms with van der Waals surface area (Å²) >= 11 is 0. The summed E-state index contributed by atoms with van der Waals surface area (Å²) in [4.78, 5) is 11.8. The second kappa shape index (κ2) is 4.10. The van der Waals surface area contributed by atoms with E-state index in [0.29, 0.717) is 13.2 Å². The van der Waals surface area contributed by atoms with Crippen LogP contribution in [0.4, 0.5) is 0 Å². The molecule has 0 aliphatic carbocycles. The third-order valence-corrected chi connectivity index (χ3v) is 3.27. The predicted octanol–water partition coefficient (Wildman–Crippen LogP) is 0.689. The summed E-state index contributed by atoms with van der Waals surface area (Å²) in [5.41, 5.74) is -1.57. The van der Waals surface area contributed by atoms with Gasteiger partial charge in [0.05, 0.1) is 23.7 Å². The van der Waals surface area contributed by atoms with E-state index in [1.165, 1.54) is 0 Å². The van der Waals surface area contributed by atoms with Crippen molar-refractivity contribution in [2.45, 2.75) is 45.3 Å². The molecule has 4 nitrogen and oxygen atoms in total. The Morgan fingerprint density at radius 1 is 1.40 bits per heavy atom. The van der Waals surface area contributed by atoms with E-state index in [-0.39, 0.29) is 11.8 Å². The minimum absolute atomic E-state index is 0.0281. The zero-order chi connectivity index (χ0) is 11.7. The molecule has 1 fully saturated rings. The molecule has 15 heavy (non-hydrogen) atoms. The number of carbonyl (C=O) groups is 1. The van der Waals surface area contributed by atoms with E-state index in [4.69, 9.17) is 4.74 Å². The molecule has 1 saturated heterocycles. The average molecular weight is 215 g/mol. The van der Waals surface area contributed by atoms with Crippen LogP contribution in [0.1, 0.15) is 34.1 Å². The summed E-state index contributed by atoms with van der Waals surface area (Å²) in [5, 5.41) is 12.8. The Hall–Kier alpha value is -0.610. The molecule has 4 heteroatoms. The van der Waals surface area contributed by atoms with Gasteiger partial charge in [-0.15, -0.1) is 0 Å². The molecule has 2 N–H and O–H groups in total. The number of carbonyl (C=O) groups excluding carboxylic acids is 1. The molecular weight excluding hydrogens is 194 g/mol. The van der Waals surface area contributed by atoms with Crippen molar-refractivity contribution in [1.29, 1.82) is 0 Å². The van der Waals surface area contributed by atoms with Gasteiger partial charge in [0.25, 0.3) is 0 Å². The van der Waals surface area contributed by atoms with E-state index >= 15 is 0 Å². The van der Waals surface area contributed by atoms with E-state index in [0.717, 1.165) is 6.42 Å². The number of nitrogens with one attached hydrogen (secondary N) is 1. The zero-order valence-electron chi connectivity index (χ0n) is 9.96. The fourth-order valence-corrected chi connectivity index (χ4v) is 1.30. The lowest BCUT2D eigenvalue weighted by atomic mass is 9.85. The topological polar surface area (TPSA) is 58.6 Å². The highest BCUT2D eigenvalue weighted by molar-refractivity contribution is 5.79. The van der Waals surface area contributed by atoms with Crippen molar-refractivity contribution in [3.63, 3.8) is 0 Å². The smallest absolute Gasteiger partial charge is 0.226 e. The zero-order valence-corrected chi connectivity index (χ0v) is 9.96. The summed E-state index contributed by atoms with van der Waals surface area (Å²) in [7, 11) is 0. The van der Waals surface area contributed by atoms with E-state index in [9.17, 15) is 9.90 Å². The van der Waals surface area contributed by atoms with Gasteiger partial charge < -0.3 is 15.2 Å². The fraction of sp³-hybridized carbons (Fsp3) is 0.909. The molecule has 0 bridgehead atoms. The third-order valence-electron chi connectivity index (χ3n) is 3.27. The molecule has 1 aliphatic rings. The molecule has 0 saturated carbocycles. The van der Waals surface area contributed by atoms with Crippen LogP contribution in [0.5, 0.6) is 0 Å². The lowest BCUT2D eigenvalue weighted by Crippen LogP contribution is -2.58. The number of hydrogen-bond acceptors (Lipinski definition) is 3. The van der Waals surface area contributed by atoms with Gasteiger partial charge in [-0.1, -0.05) is 0 Å². The highest BCUT2D eigenvalue weighted by atomic mass is 16.5. The monoisotopic (exact) mass is 215 g/mol. The van der Waals surface area contributed by atoms with Gasteiger partial charge in [-0.05, 0) is 34.1 Å². The van der Waals surface area contributed by atoms with Crippen LogP contribution in [-0.4, -0.2) is 35.4 Å². The second-order valence-electron chi connectivity index (χ2n) is 5.23. The first kappa shape index (κ1) is 12.5. The number of hydrogen-bond donors (Lipinski definition) is 2. The fourth-order valence-electron chi connectivity index (χ4n) is 1.30. The van der Waals surface area contributed by atoms with Crippen LogP contribution in [0.2, 0.25) is 0 Å². The molecule has 0 aromatic heterocycles. The molecule has 1 aliphatic heterocycles. The summed E-state index contributed by atoms with van der Waals surface area (Å²) in [6.45, 7) is 8.17. The van der Waals surface area contributed by atoms with Crippen molar-refractivity contribution in [2.24, 2.45) is 5.92 Å². The van der Waals surface area contributed by atoms with E-state index in [1.54, 1.807) is 13.8 Å². The standard InChI is InChI=1S/C11H21NO3/c1-10(2,11(3,4)14)12-9(13)8-5-6-15-7-8/h8,14H,5-7H2,1-4H3,(H,12,13). The van der Waals surface area contributed by atoms with Crippen molar-refractivity contribution in [1.82, 2.24) is 5.32 Å². The molecule has 0 aromatic carbocycles. The number of aliphatic hydroxyl groups is 1. The largest absolute Gasteiger partial charge is 0.388 e. The van der Waals surface area contributed by atoms with Gasteiger partial charge in [0.2, 0.25) is 5.91 Å². The molecule has 0 spiro atoms. The van der Waals surface area contributed by atoms with Crippen LogP contribution in [0.3, 0.4) is 0 Å². The maximum atomic E-state index is 11.8. The molecule has 1 rings (SSSR count). The molecule has 88 valence electrons. The normalized spacial score (nSPS) is 22.9. The van der Waals surface area contributed by atoms with E-state index < -0.39 is 11.1 Å². The van der Waals surface area contributed by atoms with Gasteiger partial charge in [-0.25, -0.2) is 0 Å². The first-order valence-corrected chi connectivity index (χ1v) is 5.36. The molecule has 0 radical (unpaired) electrons. The van der Waals surface area contributed by atoms with E-state index in [1.807, 2.05) is 13.8 Å². The van der Waals surface area contributed by atoms with Crippen molar-refractivity contribution in [3.8, 4) is 0 Å². The third kappa shape index (κ3) is 2.92. The quantitative estimate of drug-likeness (QED) is 0.728. The van der Waals surface area contributed by atoms with Gasteiger partial charge >= 0.3 is 0 Å². The second-order valence-corrected chi connectivity index (χ2v) is 5.23. The maximum absolute atomic E-state index is 11.8. The number of rotatable bonds is 3. The van der Waals surface area contributed by atoms with Crippen molar-refractivity contribution in [2.75, 3.05) is 13.2 Å². The highest BCUT2D eigenvalue weighted by Crippen LogP contribution is 2.22. The maximum Gasteiger partial charge on any atom is 0.226 e. The summed E-state index contributed by atoms with van der Waals surface area (Å²) in [6.07, 6.45) is 0.772. The Balaban J connectivity index is 2.57. The van der Waals surface area contributed by atoms with E-state index in [2.05, 4.69) is 5.32 Å². The molecule has 1 heterocycles. The Morgan fingerprint density at radius 3 is 2.40 bits per heavy atom. The lowest BCUT2D eigenvalue weighted by molar-refractivity contribution is -0.130. The minimum Gasteiger partial charge on any atom is -0.388 e. The van der Waals surface area contributed by atoms with Crippen LogP contribution >= 0.6 is 0 Å². The Labute approximate surface area is 91.0 Å². The van der Waals surface area contributed by atoms with Crippen LogP contribution in [0.25, 0.3) is 0 Å². The Kier molecular flexibility index (Phi) is 3.41. The van der Waals surface area contributed by atoms with Crippen LogP contribution in [-0.2, 0) is 9.53 Å². The van der Waals surface area contributed by atoms with Gasteiger partial charge in [-0.3, -0.25) is 4.79 Å².